The first-order valence-electron chi connectivity index (χ1n) is 10.2. The van der Waals surface area contributed by atoms with Gasteiger partial charge in [-0.25, -0.2) is 8.42 Å². The second kappa shape index (κ2) is 11.1. The van der Waals surface area contributed by atoms with Gasteiger partial charge in [-0.2, -0.15) is 4.72 Å². The first-order chi connectivity index (χ1) is 14.6. The van der Waals surface area contributed by atoms with Crippen LogP contribution < -0.4 is 10.0 Å². The van der Waals surface area contributed by atoms with Crippen LogP contribution in [0.2, 0.25) is 0 Å². The predicted molar refractivity (Wildman–Crippen MR) is 119 cm³/mol. The summed E-state index contributed by atoms with van der Waals surface area (Å²) in [6.45, 7) is 6.85. The lowest BCUT2D eigenvalue weighted by Gasteiger charge is -2.21. The number of carbonyl (C=O) groups is 2. The molecular formula is C23H30N2O5S. The molecule has 0 aromatic heterocycles. The molecule has 0 bridgehead atoms. The molecule has 2 N–H and O–H groups in total. The number of carbonyl (C=O) groups excluding carboxylic acids is 2. The number of rotatable bonds is 10. The van der Waals surface area contributed by atoms with Gasteiger partial charge >= 0.3 is 5.97 Å². The largest absolute Gasteiger partial charge is 0.454 e. The molecule has 7 nitrogen and oxygen atoms in total. The SMILES string of the molecule is Cc1ccc(S(=O)(=O)NC(C)C(=O)OCC(=O)NC(CC(C)C)c2ccccc2)cc1. The summed E-state index contributed by atoms with van der Waals surface area (Å²) in [5.41, 5.74) is 1.89. The molecule has 0 spiro atoms. The second-order valence-electron chi connectivity index (χ2n) is 7.92. The summed E-state index contributed by atoms with van der Waals surface area (Å²) in [5.74, 6) is -0.924. The molecule has 0 heterocycles. The van der Waals surface area contributed by atoms with Crippen LogP contribution in [0.4, 0.5) is 0 Å². The minimum absolute atomic E-state index is 0.0508. The fourth-order valence-electron chi connectivity index (χ4n) is 3.00. The van der Waals surface area contributed by atoms with Gasteiger partial charge in [0.25, 0.3) is 5.91 Å². The third kappa shape index (κ3) is 7.80. The van der Waals surface area contributed by atoms with E-state index >= 15 is 0 Å². The highest BCUT2D eigenvalue weighted by atomic mass is 32.2. The van der Waals surface area contributed by atoms with Crippen LogP contribution >= 0.6 is 0 Å². The predicted octanol–water partition coefficient (Wildman–Crippen LogP) is 3.11. The molecule has 168 valence electrons. The lowest BCUT2D eigenvalue weighted by Crippen LogP contribution is -2.41. The van der Waals surface area contributed by atoms with Gasteiger partial charge in [-0.1, -0.05) is 61.9 Å². The molecule has 0 aliphatic carbocycles. The average molecular weight is 447 g/mol. The van der Waals surface area contributed by atoms with Gasteiger partial charge in [-0.3, -0.25) is 9.59 Å². The monoisotopic (exact) mass is 446 g/mol. The summed E-state index contributed by atoms with van der Waals surface area (Å²) in [4.78, 5) is 24.6. The van der Waals surface area contributed by atoms with Crippen molar-refractivity contribution >= 4 is 21.9 Å². The lowest BCUT2D eigenvalue weighted by atomic mass is 9.97. The summed E-state index contributed by atoms with van der Waals surface area (Å²) < 4.78 is 32.1. The third-order valence-electron chi connectivity index (χ3n) is 4.61. The van der Waals surface area contributed by atoms with Crippen molar-refractivity contribution in [2.75, 3.05) is 6.61 Å². The maximum Gasteiger partial charge on any atom is 0.324 e. The Labute approximate surface area is 184 Å². The molecule has 2 atom stereocenters. The van der Waals surface area contributed by atoms with E-state index in [9.17, 15) is 18.0 Å². The molecule has 2 rings (SSSR count). The number of hydrogen-bond acceptors (Lipinski definition) is 5. The van der Waals surface area contributed by atoms with Gasteiger partial charge in [0.05, 0.1) is 10.9 Å². The minimum Gasteiger partial charge on any atom is -0.454 e. The molecule has 1 amide bonds. The van der Waals surface area contributed by atoms with Gasteiger partial charge in [0.15, 0.2) is 6.61 Å². The molecule has 0 saturated carbocycles. The molecule has 0 aliphatic rings. The minimum atomic E-state index is -3.88. The quantitative estimate of drug-likeness (QED) is 0.546. The van der Waals surface area contributed by atoms with Crippen LogP contribution in [-0.4, -0.2) is 32.9 Å². The number of aryl methyl sites for hydroxylation is 1. The number of esters is 1. The van der Waals surface area contributed by atoms with Crippen molar-refractivity contribution in [1.29, 1.82) is 0 Å². The zero-order valence-electron chi connectivity index (χ0n) is 18.3. The van der Waals surface area contributed by atoms with Crippen molar-refractivity contribution in [2.45, 2.75) is 51.1 Å². The fraction of sp³-hybridized carbons (Fsp3) is 0.391. The van der Waals surface area contributed by atoms with Crippen molar-refractivity contribution in [2.24, 2.45) is 5.92 Å². The van der Waals surface area contributed by atoms with Crippen molar-refractivity contribution in [3.05, 3.63) is 65.7 Å². The first kappa shape index (κ1) is 24.6. The Kier molecular flexibility index (Phi) is 8.76. The first-order valence-corrected chi connectivity index (χ1v) is 11.7. The summed E-state index contributed by atoms with van der Waals surface area (Å²) in [7, 11) is -3.88. The fourth-order valence-corrected chi connectivity index (χ4v) is 4.19. The van der Waals surface area contributed by atoms with Gasteiger partial charge in [-0.05, 0) is 43.9 Å². The zero-order chi connectivity index (χ0) is 23.0. The van der Waals surface area contributed by atoms with Crippen LogP contribution in [0.15, 0.2) is 59.5 Å². The molecule has 2 aromatic carbocycles. The molecule has 2 aromatic rings. The van der Waals surface area contributed by atoms with Crippen molar-refractivity contribution < 1.29 is 22.7 Å². The molecule has 0 saturated heterocycles. The number of nitrogens with one attached hydrogen (secondary N) is 2. The van der Waals surface area contributed by atoms with E-state index in [1.54, 1.807) is 12.1 Å². The summed E-state index contributed by atoms with van der Waals surface area (Å²) in [6, 6.07) is 14.5. The highest BCUT2D eigenvalue weighted by Gasteiger charge is 2.24. The van der Waals surface area contributed by atoms with E-state index in [2.05, 4.69) is 23.9 Å². The number of benzene rings is 2. The Morgan fingerprint density at radius 1 is 0.968 bits per heavy atom. The van der Waals surface area contributed by atoms with E-state index in [-0.39, 0.29) is 10.9 Å². The standard InChI is InChI=1S/C23H30N2O5S/c1-16(2)14-21(19-8-6-5-7-9-19)24-22(26)15-30-23(27)18(4)25-31(28,29)20-12-10-17(3)11-13-20/h5-13,16,18,21,25H,14-15H2,1-4H3,(H,24,26). The van der Waals surface area contributed by atoms with Gasteiger partial charge in [0.1, 0.15) is 6.04 Å². The average Bonchev–Trinajstić information content (AvgIpc) is 2.71. The Morgan fingerprint density at radius 3 is 2.16 bits per heavy atom. The van der Waals surface area contributed by atoms with Crippen LogP contribution in [0.1, 0.15) is 44.4 Å². The maximum atomic E-state index is 12.4. The van der Waals surface area contributed by atoms with Crippen LogP contribution in [0, 0.1) is 12.8 Å². The number of ether oxygens (including phenoxy) is 1. The van der Waals surface area contributed by atoms with Crippen molar-refractivity contribution in [1.82, 2.24) is 10.0 Å². The Balaban J connectivity index is 1.91. The van der Waals surface area contributed by atoms with Crippen LogP contribution in [0.5, 0.6) is 0 Å². The highest BCUT2D eigenvalue weighted by Crippen LogP contribution is 2.21. The van der Waals surface area contributed by atoms with Gasteiger partial charge in [-0.15, -0.1) is 0 Å². The molecule has 31 heavy (non-hydrogen) atoms. The van der Waals surface area contributed by atoms with Crippen LogP contribution in [-0.2, 0) is 24.3 Å². The van der Waals surface area contributed by atoms with Crippen LogP contribution in [0.25, 0.3) is 0 Å². The van der Waals surface area contributed by atoms with E-state index in [0.717, 1.165) is 17.5 Å². The van der Waals surface area contributed by atoms with E-state index in [1.807, 2.05) is 37.3 Å². The Bertz CT molecular complexity index is 973. The van der Waals surface area contributed by atoms with E-state index < -0.39 is 34.5 Å². The summed E-state index contributed by atoms with van der Waals surface area (Å²) in [6.07, 6.45) is 0.733. The molecule has 8 heteroatoms. The Morgan fingerprint density at radius 2 is 1.58 bits per heavy atom. The molecule has 0 aliphatic heterocycles. The zero-order valence-corrected chi connectivity index (χ0v) is 19.1. The number of sulfonamides is 1. The van der Waals surface area contributed by atoms with E-state index in [4.69, 9.17) is 4.74 Å². The van der Waals surface area contributed by atoms with Crippen molar-refractivity contribution in [3.8, 4) is 0 Å². The molecule has 2 unspecified atom stereocenters. The smallest absolute Gasteiger partial charge is 0.324 e. The summed E-state index contributed by atoms with van der Waals surface area (Å²) >= 11 is 0. The molecular weight excluding hydrogens is 416 g/mol. The summed E-state index contributed by atoms with van der Waals surface area (Å²) in [5, 5.41) is 2.88. The molecule has 0 radical (unpaired) electrons. The third-order valence-corrected chi connectivity index (χ3v) is 6.16. The highest BCUT2D eigenvalue weighted by molar-refractivity contribution is 7.89. The lowest BCUT2D eigenvalue weighted by molar-refractivity contribution is -0.150. The van der Waals surface area contributed by atoms with Gasteiger partial charge < -0.3 is 10.1 Å². The number of hydrogen-bond donors (Lipinski definition) is 2. The van der Waals surface area contributed by atoms with Gasteiger partial charge in [0, 0.05) is 0 Å². The van der Waals surface area contributed by atoms with E-state index in [1.165, 1.54) is 19.1 Å². The maximum absolute atomic E-state index is 12.4. The second-order valence-corrected chi connectivity index (χ2v) is 9.64. The normalized spacial score (nSPS) is 13.5. The topological polar surface area (TPSA) is 102 Å². The Hall–Kier alpha value is -2.71. The van der Waals surface area contributed by atoms with Crippen LogP contribution in [0.3, 0.4) is 0 Å². The molecule has 0 fully saturated rings. The van der Waals surface area contributed by atoms with Crippen molar-refractivity contribution in [3.63, 3.8) is 0 Å². The number of amides is 1. The van der Waals surface area contributed by atoms with E-state index in [0.29, 0.717) is 5.92 Å². The van der Waals surface area contributed by atoms with Gasteiger partial charge in [0.2, 0.25) is 10.0 Å².